The average Bonchev–Trinajstić information content (AvgIpc) is 2.81. The number of rotatable bonds is 7. The first-order valence-corrected chi connectivity index (χ1v) is 14.5. The van der Waals surface area contributed by atoms with E-state index >= 15 is 0 Å². The number of carbonyl (C=O) groups excluding carboxylic acids is 1. The van der Waals surface area contributed by atoms with E-state index in [1.807, 2.05) is 85.3 Å². The highest BCUT2D eigenvalue weighted by atomic mass is 32.2. The molecule has 0 aliphatic heterocycles. The lowest BCUT2D eigenvalue weighted by Crippen LogP contribution is -2.37. The third-order valence-electron chi connectivity index (χ3n) is 6.05. The second-order valence-electron chi connectivity index (χ2n) is 8.24. The van der Waals surface area contributed by atoms with Crippen molar-refractivity contribution < 1.29 is 9.36 Å². The normalized spacial score (nSPS) is 16.8. The SMILES string of the molecule is C/C=C(\C(=C/SC)C(=O)NC1CCCCCCC1)P(=O)(c1ccccc1)c1ccccc1. The topological polar surface area (TPSA) is 46.2 Å². The first-order valence-electron chi connectivity index (χ1n) is 11.5. The molecule has 2 aromatic rings. The first kappa shape index (κ1) is 24.6. The molecule has 0 spiro atoms. The van der Waals surface area contributed by atoms with Crippen LogP contribution < -0.4 is 15.9 Å². The lowest BCUT2D eigenvalue weighted by Gasteiger charge is -2.26. The number of amides is 1. The third-order valence-corrected chi connectivity index (χ3v) is 9.75. The van der Waals surface area contributed by atoms with E-state index in [0.29, 0.717) is 10.9 Å². The molecule has 1 aliphatic rings. The van der Waals surface area contributed by atoms with E-state index in [-0.39, 0.29) is 11.9 Å². The molecule has 170 valence electrons. The molecule has 0 unspecified atom stereocenters. The van der Waals surface area contributed by atoms with Crippen LogP contribution in [-0.2, 0) is 9.36 Å². The average molecular weight is 468 g/mol. The van der Waals surface area contributed by atoms with Crippen molar-refractivity contribution in [3.8, 4) is 0 Å². The summed E-state index contributed by atoms with van der Waals surface area (Å²) in [6.45, 7) is 1.88. The molecule has 1 amide bonds. The molecule has 1 fully saturated rings. The molecule has 0 bridgehead atoms. The summed E-state index contributed by atoms with van der Waals surface area (Å²) in [5.74, 6) is -0.120. The third kappa shape index (κ3) is 5.85. The fraction of sp³-hybridized carbons (Fsp3) is 0.370. The van der Waals surface area contributed by atoms with Crippen molar-refractivity contribution in [1.29, 1.82) is 0 Å². The molecule has 0 atom stereocenters. The Balaban J connectivity index is 2.01. The number of allylic oxidation sites excluding steroid dienone is 1. The first-order chi connectivity index (χ1) is 15.6. The highest BCUT2D eigenvalue weighted by Gasteiger charge is 2.35. The van der Waals surface area contributed by atoms with E-state index in [1.54, 1.807) is 0 Å². The van der Waals surface area contributed by atoms with Crippen molar-refractivity contribution in [2.45, 2.75) is 57.9 Å². The van der Waals surface area contributed by atoms with Crippen LogP contribution >= 0.6 is 18.9 Å². The summed E-state index contributed by atoms with van der Waals surface area (Å²) < 4.78 is 14.9. The van der Waals surface area contributed by atoms with Crippen molar-refractivity contribution in [2.75, 3.05) is 6.26 Å². The largest absolute Gasteiger partial charge is 0.349 e. The smallest absolute Gasteiger partial charge is 0.252 e. The summed E-state index contributed by atoms with van der Waals surface area (Å²) in [5.41, 5.74) is 0.512. The molecular formula is C27H34NO2PS. The van der Waals surface area contributed by atoms with E-state index in [0.717, 1.165) is 36.3 Å². The molecule has 0 heterocycles. The number of carbonyl (C=O) groups is 1. The summed E-state index contributed by atoms with van der Waals surface area (Å²) in [6, 6.07) is 19.3. The van der Waals surface area contributed by atoms with Gasteiger partial charge in [-0.2, -0.15) is 0 Å². The van der Waals surface area contributed by atoms with Crippen molar-refractivity contribution >= 4 is 35.4 Å². The molecule has 1 aliphatic carbocycles. The molecular weight excluding hydrogens is 433 g/mol. The quantitative estimate of drug-likeness (QED) is 0.292. The number of hydrogen-bond donors (Lipinski definition) is 1. The van der Waals surface area contributed by atoms with Gasteiger partial charge in [0.1, 0.15) is 0 Å². The lowest BCUT2D eigenvalue weighted by atomic mass is 9.96. The van der Waals surface area contributed by atoms with Crippen molar-refractivity contribution in [1.82, 2.24) is 5.32 Å². The van der Waals surface area contributed by atoms with Crippen LogP contribution in [0.4, 0.5) is 0 Å². The zero-order chi connectivity index (χ0) is 22.8. The van der Waals surface area contributed by atoms with E-state index in [9.17, 15) is 9.36 Å². The molecule has 2 aromatic carbocycles. The van der Waals surface area contributed by atoms with Crippen LogP contribution in [0, 0.1) is 0 Å². The van der Waals surface area contributed by atoms with Gasteiger partial charge in [-0.15, -0.1) is 11.8 Å². The molecule has 0 saturated heterocycles. The van der Waals surface area contributed by atoms with Crippen molar-refractivity contribution in [3.63, 3.8) is 0 Å². The Kier molecular flexibility index (Phi) is 9.44. The predicted molar refractivity (Wildman–Crippen MR) is 139 cm³/mol. The van der Waals surface area contributed by atoms with Crippen LogP contribution in [0.3, 0.4) is 0 Å². The highest BCUT2D eigenvalue weighted by Crippen LogP contribution is 2.55. The van der Waals surface area contributed by atoms with Crippen LogP contribution in [0.5, 0.6) is 0 Å². The van der Waals surface area contributed by atoms with Gasteiger partial charge in [-0.05, 0) is 31.4 Å². The van der Waals surface area contributed by atoms with Crippen LogP contribution in [-0.4, -0.2) is 18.2 Å². The Morgan fingerprint density at radius 2 is 1.41 bits per heavy atom. The molecule has 1 N–H and O–H groups in total. The molecule has 1 saturated carbocycles. The van der Waals surface area contributed by atoms with Crippen LogP contribution in [0.15, 0.2) is 83.0 Å². The van der Waals surface area contributed by atoms with Crippen LogP contribution in [0.2, 0.25) is 0 Å². The van der Waals surface area contributed by atoms with E-state index in [4.69, 9.17) is 0 Å². The fourth-order valence-corrected chi connectivity index (χ4v) is 7.89. The Morgan fingerprint density at radius 3 is 1.88 bits per heavy atom. The monoisotopic (exact) mass is 467 g/mol. The van der Waals surface area contributed by atoms with Gasteiger partial charge in [0.2, 0.25) is 0 Å². The molecule has 32 heavy (non-hydrogen) atoms. The number of nitrogens with one attached hydrogen (secondary N) is 1. The maximum Gasteiger partial charge on any atom is 0.252 e. The van der Waals surface area contributed by atoms with Gasteiger partial charge >= 0.3 is 0 Å². The number of benzene rings is 2. The molecule has 3 rings (SSSR count). The minimum Gasteiger partial charge on any atom is -0.349 e. The number of thioether (sulfide) groups is 1. The van der Waals surface area contributed by atoms with Crippen LogP contribution in [0.25, 0.3) is 0 Å². The summed E-state index contributed by atoms with van der Waals surface area (Å²) in [7, 11) is -3.22. The predicted octanol–water partition coefficient (Wildman–Crippen LogP) is 6.38. The standard InChI is InChI=1S/C27H34NO2PS/c1-3-26(25(21-32-2)27(29)28-22-15-9-5-4-6-10-16-22)31(30,23-17-11-7-12-18-23)24-19-13-8-14-20-24/h3,7-8,11-14,17-22H,4-6,9-10,15-16H2,1-2H3,(H,28,29)/b25-21+,26-3+. The summed E-state index contributed by atoms with van der Waals surface area (Å²) in [4.78, 5) is 13.6. The molecule has 3 nitrogen and oxygen atoms in total. The Hall–Kier alpha value is -2.03. The highest BCUT2D eigenvalue weighted by molar-refractivity contribution is 8.01. The van der Waals surface area contributed by atoms with Crippen LogP contribution in [0.1, 0.15) is 51.9 Å². The number of hydrogen-bond acceptors (Lipinski definition) is 3. The van der Waals surface area contributed by atoms with Gasteiger partial charge in [-0.25, -0.2) is 0 Å². The molecule has 0 radical (unpaired) electrons. The van der Waals surface area contributed by atoms with Gasteiger partial charge in [-0.1, -0.05) is 98.8 Å². The van der Waals surface area contributed by atoms with Gasteiger partial charge in [0.15, 0.2) is 7.14 Å². The maximum absolute atomic E-state index is 14.9. The summed E-state index contributed by atoms with van der Waals surface area (Å²) in [5, 5.41) is 7.22. The summed E-state index contributed by atoms with van der Waals surface area (Å²) in [6.07, 6.45) is 11.9. The zero-order valence-electron chi connectivity index (χ0n) is 19.1. The Labute approximate surface area is 197 Å². The van der Waals surface area contributed by atoms with Gasteiger partial charge in [-0.3, -0.25) is 4.79 Å². The maximum atomic E-state index is 14.9. The minimum atomic E-state index is -3.22. The fourth-order valence-electron chi connectivity index (χ4n) is 4.42. The lowest BCUT2D eigenvalue weighted by molar-refractivity contribution is -0.118. The summed E-state index contributed by atoms with van der Waals surface area (Å²) >= 11 is 1.47. The van der Waals surface area contributed by atoms with Gasteiger partial charge < -0.3 is 9.88 Å². The minimum absolute atomic E-state index is 0.120. The van der Waals surface area contributed by atoms with E-state index in [1.165, 1.54) is 31.0 Å². The van der Waals surface area contributed by atoms with Gasteiger partial charge in [0.25, 0.3) is 5.91 Å². The van der Waals surface area contributed by atoms with E-state index < -0.39 is 7.14 Å². The van der Waals surface area contributed by atoms with Gasteiger partial charge in [0.05, 0.1) is 5.57 Å². The zero-order valence-corrected chi connectivity index (χ0v) is 20.8. The second-order valence-corrected chi connectivity index (χ2v) is 11.7. The van der Waals surface area contributed by atoms with E-state index in [2.05, 4.69) is 5.32 Å². The Morgan fingerprint density at radius 1 is 0.906 bits per heavy atom. The van der Waals surface area contributed by atoms with Crippen molar-refractivity contribution in [2.24, 2.45) is 0 Å². The van der Waals surface area contributed by atoms with Crippen molar-refractivity contribution in [3.05, 3.63) is 83.0 Å². The Bertz CT molecular complexity index is 934. The molecule has 0 aromatic heterocycles. The second kappa shape index (κ2) is 12.3. The molecule has 5 heteroatoms. The van der Waals surface area contributed by atoms with Gasteiger partial charge in [0, 0.05) is 22.0 Å².